The van der Waals surface area contributed by atoms with Crippen LogP contribution >= 0.6 is 0 Å². The van der Waals surface area contributed by atoms with Gasteiger partial charge in [-0.25, -0.2) is 4.80 Å². The Bertz CT molecular complexity index is 180. The van der Waals surface area contributed by atoms with Gasteiger partial charge >= 0.3 is 8.80 Å². The first-order valence-electron chi connectivity index (χ1n) is 5.88. The van der Waals surface area contributed by atoms with Crippen molar-refractivity contribution in [2.24, 2.45) is 0 Å². The molecule has 95 valence electrons. The topological polar surface area (TPSA) is 60.1 Å². The lowest BCUT2D eigenvalue weighted by Crippen LogP contribution is -2.41. The number of epoxide rings is 1. The Labute approximate surface area is 98.0 Å². The number of ether oxygens (including phenoxy) is 2. The molecule has 1 radical (unpaired) electrons. The Morgan fingerprint density at radius 2 is 1.94 bits per heavy atom. The first-order valence-corrected chi connectivity index (χ1v) is 7.81. The second kappa shape index (κ2) is 7.36. The Morgan fingerprint density at radius 1 is 1.31 bits per heavy atom. The summed E-state index contributed by atoms with van der Waals surface area (Å²) in [6.45, 7) is 6.50. The Hall–Kier alpha value is 0.0169. The fraction of sp³-hybridized carbons (Fsp3) is 1.00. The maximum atomic E-state index is 12.0. The van der Waals surface area contributed by atoms with Crippen molar-refractivity contribution in [1.29, 1.82) is 0 Å². The van der Waals surface area contributed by atoms with Gasteiger partial charge in [0.25, 0.3) is 0 Å². The van der Waals surface area contributed by atoms with Gasteiger partial charge in [-0.3, -0.25) is 0 Å². The van der Waals surface area contributed by atoms with Crippen LogP contribution in [0.4, 0.5) is 0 Å². The number of rotatable bonds is 10. The standard InChI is InChI=1S/C10H21O5Si/c1-3-14-16(11,15-4-2)7-5-6-12-8-10-9-13-10/h10H,3-9H2,1-2H3. The zero-order valence-corrected chi connectivity index (χ0v) is 11.1. The van der Waals surface area contributed by atoms with Gasteiger partial charge in [-0.2, -0.15) is 0 Å². The molecule has 1 unspecified atom stereocenters. The summed E-state index contributed by atoms with van der Waals surface area (Å²) in [5, 5.41) is 0. The van der Waals surface area contributed by atoms with Crippen LogP contribution in [0.1, 0.15) is 20.3 Å². The molecule has 1 heterocycles. The van der Waals surface area contributed by atoms with E-state index >= 15 is 0 Å². The highest BCUT2D eigenvalue weighted by molar-refractivity contribution is 6.58. The molecule has 0 bridgehead atoms. The maximum Gasteiger partial charge on any atom is 0.528 e. The summed E-state index contributed by atoms with van der Waals surface area (Å²) in [7, 11) is -3.17. The van der Waals surface area contributed by atoms with Crippen molar-refractivity contribution >= 4 is 8.80 Å². The van der Waals surface area contributed by atoms with E-state index in [4.69, 9.17) is 18.3 Å². The molecule has 0 amide bonds. The predicted octanol–water partition coefficient (Wildman–Crippen LogP) is 1.23. The summed E-state index contributed by atoms with van der Waals surface area (Å²) >= 11 is 0. The van der Waals surface area contributed by atoms with Crippen LogP contribution in [-0.4, -0.2) is 47.9 Å². The number of hydrogen-bond donors (Lipinski definition) is 0. The van der Waals surface area contributed by atoms with Crippen LogP contribution in [0.5, 0.6) is 0 Å². The summed E-state index contributed by atoms with van der Waals surface area (Å²) in [5.74, 6) is 0. The summed E-state index contributed by atoms with van der Waals surface area (Å²) in [5.41, 5.74) is 0. The molecule has 0 N–H and O–H groups in total. The normalized spacial score (nSPS) is 20.1. The zero-order chi connectivity index (χ0) is 11.9. The average Bonchev–Trinajstić information content (AvgIpc) is 3.02. The van der Waals surface area contributed by atoms with Gasteiger partial charge in [0, 0.05) is 25.9 Å². The van der Waals surface area contributed by atoms with E-state index in [1.807, 2.05) is 13.8 Å². The van der Waals surface area contributed by atoms with E-state index in [0.29, 0.717) is 38.9 Å². The molecule has 1 atom stereocenters. The maximum absolute atomic E-state index is 12.0. The summed E-state index contributed by atoms with van der Waals surface area (Å²) in [6, 6.07) is 0.445. The van der Waals surface area contributed by atoms with E-state index in [-0.39, 0.29) is 6.10 Å². The fourth-order valence-electron chi connectivity index (χ4n) is 1.40. The molecule has 1 rings (SSSR count). The monoisotopic (exact) mass is 249 g/mol. The molecule has 0 aromatic rings. The minimum Gasteiger partial charge on any atom is -0.379 e. The largest absolute Gasteiger partial charge is 0.528 e. The number of hydrogen-bond acceptors (Lipinski definition) is 4. The van der Waals surface area contributed by atoms with Crippen molar-refractivity contribution in [2.45, 2.75) is 32.4 Å². The van der Waals surface area contributed by atoms with E-state index < -0.39 is 8.80 Å². The third-order valence-electron chi connectivity index (χ3n) is 2.21. The average molecular weight is 249 g/mol. The van der Waals surface area contributed by atoms with E-state index in [2.05, 4.69) is 0 Å². The van der Waals surface area contributed by atoms with Gasteiger partial charge in [0.05, 0.1) is 13.2 Å². The van der Waals surface area contributed by atoms with Gasteiger partial charge in [0.1, 0.15) is 6.10 Å². The van der Waals surface area contributed by atoms with Gasteiger partial charge in [-0.05, 0) is 20.3 Å². The summed E-state index contributed by atoms with van der Waals surface area (Å²) in [4.78, 5) is 12.0. The molecule has 1 aliphatic heterocycles. The van der Waals surface area contributed by atoms with Crippen molar-refractivity contribution < 1.29 is 23.1 Å². The smallest absolute Gasteiger partial charge is 0.379 e. The van der Waals surface area contributed by atoms with Crippen molar-refractivity contribution in [3.8, 4) is 0 Å². The van der Waals surface area contributed by atoms with E-state index in [1.54, 1.807) is 0 Å². The van der Waals surface area contributed by atoms with Crippen LogP contribution in [0.3, 0.4) is 0 Å². The highest BCUT2D eigenvalue weighted by Gasteiger charge is 2.37. The zero-order valence-electron chi connectivity index (χ0n) is 10.1. The molecular formula is C10H21O5Si. The van der Waals surface area contributed by atoms with Crippen LogP contribution in [-0.2, 0) is 23.1 Å². The molecule has 16 heavy (non-hydrogen) atoms. The molecule has 5 nitrogen and oxygen atoms in total. The Kier molecular flexibility index (Phi) is 6.48. The summed E-state index contributed by atoms with van der Waals surface area (Å²) < 4.78 is 20.7. The molecule has 0 spiro atoms. The molecule has 0 saturated carbocycles. The third kappa shape index (κ3) is 5.93. The first kappa shape index (κ1) is 14.1. The Balaban J connectivity index is 2.05. The van der Waals surface area contributed by atoms with E-state index in [0.717, 1.165) is 6.61 Å². The SMILES string of the molecule is CCO[Si]([O])(CCCOCC1CO1)OCC. The molecule has 0 aliphatic carbocycles. The molecule has 0 aromatic carbocycles. The second-order valence-corrected chi connectivity index (χ2v) is 6.13. The van der Waals surface area contributed by atoms with E-state index in [1.165, 1.54) is 0 Å². The quantitative estimate of drug-likeness (QED) is 0.332. The lowest BCUT2D eigenvalue weighted by Gasteiger charge is -2.20. The van der Waals surface area contributed by atoms with Gasteiger partial charge in [0.2, 0.25) is 0 Å². The molecule has 1 saturated heterocycles. The second-order valence-electron chi connectivity index (χ2n) is 3.68. The first-order chi connectivity index (χ1) is 7.70. The third-order valence-corrected chi connectivity index (χ3v) is 4.63. The van der Waals surface area contributed by atoms with Gasteiger partial charge < -0.3 is 18.3 Å². The van der Waals surface area contributed by atoms with Crippen molar-refractivity contribution in [1.82, 2.24) is 0 Å². The van der Waals surface area contributed by atoms with Crippen molar-refractivity contribution in [2.75, 3.05) is 33.0 Å². The predicted molar refractivity (Wildman–Crippen MR) is 59.7 cm³/mol. The molecular weight excluding hydrogens is 228 g/mol. The highest BCUT2D eigenvalue weighted by atomic mass is 28.4. The molecule has 1 aliphatic rings. The lowest BCUT2D eigenvalue weighted by atomic mass is 10.5. The minimum atomic E-state index is -3.17. The van der Waals surface area contributed by atoms with Crippen molar-refractivity contribution in [3.63, 3.8) is 0 Å². The lowest BCUT2D eigenvalue weighted by molar-refractivity contribution is 0.0733. The van der Waals surface area contributed by atoms with Gasteiger partial charge in [0.15, 0.2) is 0 Å². The van der Waals surface area contributed by atoms with Crippen LogP contribution in [0.15, 0.2) is 0 Å². The van der Waals surface area contributed by atoms with Gasteiger partial charge in [-0.15, -0.1) is 0 Å². The highest BCUT2D eigenvalue weighted by Crippen LogP contribution is 2.14. The molecule has 1 fully saturated rings. The fourth-order valence-corrected chi connectivity index (χ4v) is 3.22. The molecule has 6 heteroatoms. The van der Waals surface area contributed by atoms with Crippen molar-refractivity contribution in [3.05, 3.63) is 0 Å². The Morgan fingerprint density at radius 3 is 2.44 bits per heavy atom. The van der Waals surface area contributed by atoms with E-state index in [9.17, 15) is 4.80 Å². The van der Waals surface area contributed by atoms with Crippen LogP contribution in [0, 0.1) is 0 Å². The minimum absolute atomic E-state index is 0.285. The van der Waals surface area contributed by atoms with Crippen LogP contribution < -0.4 is 0 Å². The molecule has 0 aromatic heterocycles. The van der Waals surface area contributed by atoms with Gasteiger partial charge in [-0.1, -0.05) is 0 Å². The van der Waals surface area contributed by atoms with Crippen LogP contribution in [0.2, 0.25) is 6.04 Å². The summed E-state index contributed by atoms with van der Waals surface area (Å²) in [6.07, 6.45) is 0.982. The van der Waals surface area contributed by atoms with Crippen LogP contribution in [0.25, 0.3) is 0 Å².